The molecule has 1 amide bonds. The molecule has 1 heterocycles. The number of pyridine rings is 1. The van der Waals surface area contributed by atoms with Crippen molar-refractivity contribution in [1.82, 2.24) is 9.88 Å². The summed E-state index contributed by atoms with van der Waals surface area (Å²) in [4.78, 5) is 18.4. The van der Waals surface area contributed by atoms with Crippen LogP contribution in [-0.4, -0.2) is 28.4 Å². The van der Waals surface area contributed by atoms with Gasteiger partial charge in [-0.15, -0.1) is 0 Å². The minimum atomic E-state index is 0.105. The Morgan fingerprint density at radius 1 is 1.47 bits per heavy atom. The fourth-order valence-corrected chi connectivity index (χ4v) is 2.84. The summed E-state index contributed by atoms with van der Waals surface area (Å²) in [5.41, 5.74) is 0.674. The summed E-state index contributed by atoms with van der Waals surface area (Å²) in [6.45, 7) is 2.82. The van der Waals surface area contributed by atoms with Gasteiger partial charge in [0.25, 0.3) is 5.91 Å². The summed E-state index contributed by atoms with van der Waals surface area (Å²) in [5, 5.41) is 0. The Kier molecular flexibility index (Phi) is 4.15. The van der Waals surface area contributed by atoms with Crippen LogP contribution in [0.1, 0.15) is 43.0 Å². The number of halogens is 1. The molecular formula is C13H17BrN2O. The van der Waals surface area contributed by atoms with Crippen LogP contribution in [0.15, 0.2) is 22.9 Å². The third-order valence-corrected chi connectivity index (χ3v) is 3.75. The SMILES string of the molecule is CCN(C(=O)c1cncc(Br)c1)C1CCCC1. The first-order valence-electron chi connectivity index (χ1n) is 6.14. The van der Waals surface area contributed by atoms with Crippen molar-refractivity contribution in [2.75, 3.05) is 6.54 Å². The van der Waals surface area contributed by atoms with E-state index < -0.39 is 0 Å². The molecule has 1 aromatic rings. The Bertz CT molecular complexity index is 402. The van der Waals surface area contributed by atoms with Gasteiger partial charge in [0.05, 0.1) is 5.56 Å². The molecule has 0 atom stereocenters. The average Bonchev–Trinajstić information content (AvgIpc) is 2.83. The van der Waals surface area contributed by atoms with Crippen molar-refractivity contribution in [1.29, 1.82) is 0 Å². The first kappa shape index (κ1) is 12.6. The van der Waals surface area contributed by atoms with E-state index in [1.165, 1.54) is 12.8 Å². The number of hydrogen-bond acceptors (Lipinski definition) is 2. The van der Waals surface area contributed by atoms with Crippen LogP contribution in [0.25, 0.3) is 0 Å². The van der Waals surface area contributed by atoms with Crippen LogP contribution < -0.4 is 0 Å². The fraction of sp³-hybridized carbons (Fsp3) is 0.538. The molecule has 1 aliphatic carbocycles. The number of hydrogen-bond donors (Lipinski definition) is 0. The fourth-order valence-electron chi connectivity index (χ4n) is 2.48. The Morgan fingerprint density at radius 3 is 2.76 bits per heavy atom. The molecule has 17 heavy (non-hydrogen) atoms. The molecule has 92 valence electrons. The van der Waals surface area contributed by atoms with Crippen molar-refractivity contribution in [2.24, 2.45) is 0 Å². The summed E-state index contributed by atoms with van der Waals surface area (Å²) < 4.78 is 0.853. The normalized spacial score (nSPS) is 16.1. The monoisotopic (exact) mass is 296 g/mol. The summed E-state index contributed by atoms with van der Waals surface area (Å²) in [6.07, 6.45) is 8.10. The second-order valence-electron chi connectivity index (χ2n) is 4.42. The van der Waals surface area contributed by atoms with Crippen molar-refractivity contribution < 1.29 is 4.79 Å². The number of nitrogens with zero attached hydrogens (tertiary/aromatic N) is 2. The highest BCUT2D eigenvalue weighted by Gasteiger charge is 2.26. The molecular weight excluding hydrogens is 280 g/mol. The maximum absolute atomic E-state index is 12.4. The van der Waals surface area contributed by atoms with Crippen LogP contribution in [-0.2, 0) is 0 Å². The first-order valence-corrected chi connectivity index (χ1v) is 6.93. The van der Waals surface area contributed by atoms with E-state index in [0.29, 0.717) is 11.6 Å². The number of carbonyl (C=O) groups is 1. The molecule has 0 bridgehead atoms. The summed E-state index contributed by atoms with van der Waals surface area (Å²) >= 11 is 3.35. The number of amides is 1. The van der Waals surface area contributed by atoms with E-state index in [4.69, 9.17) is 0 Å². The quantitative estimate of drug-likeness (QED) is 0.858. The molecule has 0 aliphatic heterocycles. The maximum atomic E-state index is 12.4. The van der Waals surface area contributed by atoms with Gasteiger partial charge in [0.2, 0.25) is 0 Å². The van der Waals surface area contributed by atoms with Gasteiger partial charge in [0, 0.05) is 29.5 Å². The molecule has 0 saturated heterocycles. The van der Waals surface area contributed by atoms with Crippen LogP contribution in [0.3, 0.4) is 0 Å². The van der Waals surface area contributed by atoms with E-state index in [1.807, 2.05) is 17.9 Å². The van der Waals surface area contributed by atoms with Crippen molar-refractivity contribution in [3.63, 3.8) is 0 Å². The van der Waals surface area contributed by atoms with Gasteiger partial charge in [0.15, 0.2) is 0 Å². The molecule has 1 aromatic heterocycles. The Labute approximate surface area is 110 Å². The molecule has 1 fully saturated rings. The molecule has 0 unspecified atom stereocenters. The first-order chi connectivity index (χ1) is 8.22. The minimum absolute atomic E-state index is 0.105. The van der Waals surface area contributed by atoms with Crippen LogP contribution in [0, 0.1) is 0 Å². The van der Waals surface area contributed by atoms with Gasteiger partial charge < -0.3 is 4.90 Å². The molecule has 1 aliphatic rings. The molecule has 2 rings (SSSR count). The topological polar surface area (TPSA) is 33.2 Å². The number of aromatic nitrogens is 1. The lowest BCUT2D eigenvalue weighted by molar-refractivity contribution is 0.0693. The lowest BCUT2D eigenvalue weighted by Gasteiger charge is -2.27. The van der Waals surface area contributed by atoms with Gasteiger partial charge in [-0.2, -0.15) is 0 Å². The van der Waals surface area contributed by atoms with E-state index in [-0.39, 0.29) is 5.91 Å². The third-order valence-electron chi connectivity index (χ3n) is 3.32. The zero-order valence-electron chi connectivity index (χ0n) is 10.0. The second kappa shape index (κ2) is 5.63. The smallest absolute Gasteiger partial charge is 0.255 e. The van der Waals surface area contributed by atoms with Gasteiger partial charge in [0.1, 0.15) is 0 Å². The predicted octanol–water partition coefficient (Wildman–Crippen LogP) is 3.25. The summed E-state index contributed by atoms with van der Waals surface area (Å²) in [7, 11) is 0. The molecule has 0 radical (unpaired) electrons. The largest absolute Gasteiger partial charge is 0.336 e. The minimum Gasteiger partial charge on any atom is -0.336 e. The van der Waals surface area contributed by atoms with Gasteiger partial charge in [-0.1, -0.05) is 12.8 Å². The molecule has 1 saturated carbocycles. The second-order valence-corrected chi connectivity index (χ2v) is 5.34. The standard InChI is InChI=1S/C13H17BrN2O/c1-2-16(12-5-3-4-6-12)13(17)10-7-11(14)9-15-8-10/h7-9,12H,2-6H2,1H3. The number of carbonyl (C=O) groups excluding carboxylic acids is 1. The Hall–Kier alpha value is -0.900. The molecule has 0 aromatic carbocycles. The van der Waals surface area contributed by atoms with Gasteiger partial charge in [-0.3, -0.25) is 9.78 Å². The van der Waals surface area contributed by atoms with Crippen LogP contribution in [0.4, 0.5) is 0 Å². The molecule has 0 N–H and O–H groups in total. The van der Waals surface area contributed by atoms with Gasteiger partial charge in [-0.25, -0.2) is 0 Å². The van der Waals surface area contributed by atoms with Gasteiger partial charge in [-0.05, 0) is 41.8 Å². The van der Waals surface area contributed by atoms with E-state index in [0.717, 1.165) is 23.9 Å². The highest BCUT2D eigenvalue weighted by atomic mass is 79.9. The third kappa shape index (κ3) is 2.86. The highest BCUT2D eigenvalue weighted by Crippen LogP contribution is 2.25. The predicted molar refractivity (Wildman–Crippen MR) is 70.9 cm³/mol. The number of rotatable bonds is 3. The molecule has 0 spiro atoms. The van der Waals surface area contributed by atoms with Crippen LogP contribution >= 0.6 is 15.9 Å². The molecule has 4 heteroatoms. The average molecular weight is 297 g/mol. The van der Waals surface area contributed by atoms with E-state index >= 15 is 0 Å². The van der Waals surface area contributed by atoms with Crippen molar-refractivity contribution in [2.45, 2.75) is 38.6 Å². The summed E-state index contributed by atoms with van der Waals surface area (Å²) in [5.74, 6) is 0.105. The lowest BCUT2D eigenvalue weighted by Crippen LogP contribution is -2.38. The van der Waals surface area contributed by atoms with Crippen molar-refractivity contribution in [3.05, 3.63) is 28.5 Å². The van der Waals surface area contributed by atoms with Crippen molar-refractivity contribution >= 4 is 21.8 Å². The van der Waals surface area contributed by atoms with Crippen molar-refractivity contribution in [3.8, 4) is 0 Å². The Morgan fingerprint density at radius 2 is 2.18 bits per heavy atom. The van der Waals surface area contributed by atoms with Gasteiger partial charge >= 0.3 is 0 Å². The Balaban J connectivity index is 2.16. The van der Waals surface area contributed by atoms with Crippen LogP contribution in [0.2, 0.25) is 0 Å². The maximum Gasteiger partial charge on any atom is 0.255 e. The zero-order valence-corrected chi connectivity index (χ0v) is 11.6. The molecule has 3 nitrogen and oxygen atoms in total. The summed E-state index contributed by atoms with van der Waals surface area (Å²) in [6, 6.07) is 2.26. The zero-order chi connectivity index (χ0) is 12.3. The van der Waals surface area contributed by atoms with Crippen LogP contribution in [0.5, 0.6) is 0 Å². The lowest BCUT2D eigenvalue weighted by atomic mass is 10.1. The highest BCUT2D eigenvalue weighted by molar-refractivity contribution is 9.10. The van der Waals surface area contributed by atoms with E-state index in [2.05, 4.69) is 20.9 Å². The van der Waals surface area contributed by atoms with E-state index in [9.17, 15) is 4.79 Å². The van der Waals surface area contributed by atoms with E-state index in [1.54, 1.807) is 12.4 Å².